The molecule has 1 atom stereocenters. The smallest absolute Gasteiger partial charge is 0.256 e. The van der Waals surface area contributed by atoms with Crippen LogP contribution in [0.25, 0.3) is 11.1 Å². The second-order valence-corrected chi connectivity index (χ2v) is 15.0. The van der Waals surface area contributed by atoms with Crippen molar-refractivity contribution in [1.82, 2.24) is 20.1 Å². The van der Waals surface area contributed by atoms with Gasteiger partial charge in [-0.05, 0) is 95.3 Å². The second kappa shape index (κ2) is 15.5. The van der Waals surface area contributed by atoms with Crippen molar-refractivity contribution in [2.24, 2.45) is 5.92 Å². The van der Waals surface area contributed by atoms with Crippen LogP contribution in [-0.2, 0) is 16.1 Å². The number of piperazine rings is 1. The number of aromatic nitrogens is 1. The van der Waals surface area contributed by atoms with Crippen LogP contribution in [0.4, 0.5) is 11.5 Å². The van der Waals surface area contributed by atoms with E-state index in [1.54, 1.807) is 23.2 Å². The third kappa shape index (κ3) is 7.35. The molecule has 0 radical (unpaired) electrons. The number of phenols is 1. The average Bonchev–Trinajstić information content (AvgIpc) is 3.53. The number of hydrogen-bond donors (Lipinski definition) is 2. The van der Waals surface area contributed by atoms with Gasteiger partial charge in [-0.15, -0.1) is 0 Å². The van der Waals surface area contributed by atoms with E-state index in [1.165, 1.54) is 40.8 Å². The Hall–Kier alpha value is -5.48. The van der Waals surface area contributed by atoms with Crippen LogP contribution in [0, 0.1) is 5.92 Å². The van der Waals surface area contributed by atoms with Crippen molar-refractivity contribution in [2.45, 2.75) is 51.6 Å². The number of allylic oxidation sites excluding steroid dienone is 1. The Morgan fingerprint density at radius 1 is 0.796 bits per heavy atom. The fraction of sp³-hybridized carbons (Fsp3) is 0.364. The van der Waals surface area contributed by atoms with E-state index in [0.717, 1.165) is 69.2 Å². The van der Waals surface area contributed by atoms with E-state index >= 15 is 0 Å². The zero-order valence-corrected chi connectivity index (χ0v) is 30.9. The van der Waals surface area contributed by atoms with Crippen LogP contribution >= 0.6 is 0 Å². The van der Waals surface area contributed by atoms with Crippen LogP contribution in [0.1, 0.15) is 71.6 Å². The Morgan fingerprint density at radius 2 is 1.48 bits per heavy atom. The van der Waals surface area contributed by atoms with E-state index in [0.29, 0.717) is 24.4 Å². The molecule has 4 aliphatic rings. The van der Waals surface area contributed by atoms with Gasteiger partial charge in [0, 0.05) is 70.7 Å². The number of nitrogens with one attached hydrogen (secondary N) is 1. The maximum Gasteiger partial charge on any atom is 0.256 e. The molecule has 4 aliphatic heterocycles. The third-order valence-corrected chi connectivity index (χ3v) is 11.7. The lowest BCUT2D eigenvalue weighted by Crippen LogP contribution is -2.52. The van der Waals surface area contributed by atoms with E-state index in [1.807, 2.05) is 18.2 Å². The number of nitrogens with zero attached hydrogens (tertiary/aromatic N) is 5. The number of hydrogen-bond acceptors (Lipinski definition) is 8. The number of aromatic hydroxyl groups is 1. The molecule has 3 saturated heterocycles. The van der Waals surface area contributed by atoms with Gasteiger partial charge in [0.25, 0.3) is 5.91 Å². The highest BCUT2D eigenvalue weighted by molar-refractivity contribution is 6.05. The summed E-state index contributed by atoms with van der Waals surface area (Å²) in [6.45, 7) is 9.47. The number of imide groups is 1. The van der Waals surface area contributed by atoms with Gasteiger partial charge in [-0.25, -0.2) is 4.98 Å². The van der Waals surface area contributed by atoms with Gasteiger partial charge in [0.2, 0.25) is 11.8 Å². The largest absolute Gasteiger partial charge is 0.508 e. The summed E-state index contributed by atoms with van der Waals surface area (Å²) in [5.41, 5.74) is 8.69. The summed E-state index contributed by atoms with van der Waals surface area (Å²) in [4.78, 5) is 50.8. The summed E-state index contributed by atoms with van der Waals surface area (Å²) >= 11 is 0. The predicted octanol–water partition coefficient (Wildman–Crippen LogP) is 5.96. The molecule has 10 heteroatoms. The van der Waals surface area contributed by atoms with Crippen molar-refractivity contribution in [1.29, 1.82) is 0 Å². The van der Waals surface area contributed by atoms with E-state index < -0.39 is 11.9 Å². The van der Waals surface area contributed by atoms with Gasteiger partial charge in [-0.3, -0.25) is 24.6 Å². The van der Waals surface area contributed by atoms with Crippen molar-refractivity contribution < 1.29 is 19.5 Å². The monoisotopic (exact) mass is 724 g/mol. The van der Waals surface area contributed by atoms with Crippen molar-refractivity contribution in [3.8, 4) is 5.75 Å². The van der Waals surface area contributed by atoms with E-state index in [4.69, 9.17) is 0 Å². The molecule has 5 heterocycles. The maximum absolute atomic E-state index is 13.1. The molecule has 0 spiro atoms. The van der Waals surface area contributed by atoms with Gasteiger partial charge in [-0.2, -0.15) is 0 Å². The molecule has 4 aromatic rings. The van der Waals surface area contributed by atoms with Gasteiger partial charge in [0.15, 0.2) is 0 Å². The molecule has 2 N–H and O–H groups in total. The number of rotatable bonds is 9. The summed E-state index contributed by atoms with van der Waals surface area (Å²) < 4.78 is 0. The van der Waals surface area contributed by atoms with Crippen molar-refractivity contribution in [2.75, 3.05) is 55.6 Å². The lowest BCUT2D eigenvalue weighted by atomic mass is 9.88. The Balaban J connectivity index is 0.851. The minimum Gasteiger partial charge on any atom is -0.508 e. The van der Waals surface area contributed by atoms with E-state index in [2.05, 4.69) is 86.5 Å². The minimum absolute atomic E-state index is 0.187. The first-order chi connectivity index (χ1) is 26.3. The molecule has 0 aliphatic carbocycles. The fourth-order valence-corrected chi connectivity index (χ4v) is 8.67. The number of anilines is 2. The first kappa shape index (κ1) is 35.5. The van der Waals surface area contributed by atoms with E-state index in [9.17, 15) is 19.5 Å². The topological polar surface area (TPSA) is 109 Å². The summed E-state index contributed by atoms with van der Waals surface area (Å²) in [6, 6.07) is 28.6. The average molecular weight is 725 g/mol. The molecule has 278 valence electrons. The van der Waals surface area contributed by atoms with E-state index in [-0.39, 0.29) is 24.0 Å². The van der Waals surface area contributed by atoms with Crippen LogP contribution in [0.15, 0.2) is 91.1 Å². The zero-order chi connectivity index (χ0) is 37.2. The Kier molecular flexibility index (Phi) is 10.2. The summed E-state index contributed by atoms with van der Waals surface area (Å²) in [6.07, 6.45) is 5.48. The number of fused-ring (bicyclic) bond motifs is 1. The molecule has 54 heavy (non-hydrogen) atoms. The molecule has 10 nitrogen and oxygen atoms in total. The molecular formula is C44H48N6O4. The summed E-state index contributed by atoms with van der Waals surface area (Å²) in [7, 11) is 0. The quantitative estimate of drug-likeness (QED) is 0.161. The third-order valence-electron chi connectivity index (χ3n) is 11.7. The number of phenolic OH excluding ortho intramolecular Hbond substituents is 1. The number of carbonyl (C=O) groups excluding carboxylic acids is 3. The highest BCUT2D eigenvalue weighted by Crippen LogP contribution is 2.36. The number of carbonyl (C=O) groups is 3. The van der Waals surface area contributed by atoms with Gasteiger partial charge in [0.1, 0.15) is 17.6 Å². The predicted molar refractivity (Wildman–Crippen MR) is 211 cm³/mol. The standard InChI is InChI=1S/C44H48N6O4/c1-2-37(31-6-4-3-5-7-31)42(33-10-14-36(51)15-11-33)32-8-12-35(13-9-32)48-20-18-30(19-21-48)28-47-22-24-49(25-23-47)40-26-34-29-50(44(54)38(34)27-45-40)39-16-17-41(52)46-43(39)53/h3-15,26-27,30,39,51H,2,16-25,28-29H2,1H3,(H,46,52,53). The molecule has 3 aromatic carbocycles. The Morgan fingerprint density at radius 3 is 2.15 bits per heavy atom. The van der Waals surface area contributed by atoms with Crippen LogP contribution in [0.3, 0.4) is 0 Å². The van der Waals surface area contributed by atoms with Crippen molar-refractivity contribution >= 4 is 40.4 Å². The second-order valence-electron chi connectivity index (χ2n) is 15.0. The van der Waals surface area contributed by atoms with Gasteiger partial charge < -0.3 is 19.8 Å². The fourth-order valence-electron chi connectivity index (χ4n) is 8.67. The normalized spacial score (nSPS) is 20.2. The zero-order valence-electron chi connectivity index (χ0n) is 30.9. The Labute approximate surface area is 317 Å². The van der Waals surface area contributed by atoms with Crippen LogP contribution < -0.4 is 15.1 Å². The molecule has 3 amide bonds. The minimum atomic E-state index is -0.616. The molecule has 8 rings (SSSR count). The van der Waals surface area contributed by atoms with Crippen LogP contribution in [0.5, 0.6) is 5.75 Å². The number of pyridine rings is 1. The first-order valence-electron chi connectivity index (χ1n) is 19.4. The molecule has 0 saturated carbocycles. The van der Waals surface area contributed by atoms with Gasteiger partial charge >= 0.3 is 0 Å². The van der Waals surface area contributed by atoms with Gasteiger partial charge in [-0.1, -0.05) is 61.5 Å². The highest BCUT2D eigenvalue weighted by Gasteiger charge is 2.39. The first-order valence-corrected chi connectivity index (χ1v) is 19.4. The number of amides is 3. The Bertz CT molecular complexity index is 2030. The lowest BCUT2D eigenvalue weighted by molar-refractivity contribution is -0.136. The van der Waals surface area contributed by atoms with Crippen LogP contribution in [-0.4, -0.2) is 89.5 Å². The number of piperidine rings is 2. The molecule has 1 aromatic heterocycles. The van der Waals surface area contributed by atoms with Gasteiger partial charge in [0.05, 0.1) is 5.56 Å². The summed E-state index contributed by atoms with van der Waals surface area (Å²) in [5, 5.41) is 12.4. The molecule has 0 bridgehead atoms. The molecule has 1 unspecified atom stereocenters. The van der Waals surface area contributed by atoms with Crippen molar-refractivity contribution in [3.63, 3.8) is 0 Å². The summed E-state index contributed by atoms with van der Waals surface area (Å²) in [5.74, 6) is 0.949. The van der Waals surface area contributed by atoms with Crippen molar-refractivity contribution in [3.05, 3.63) is 119 Å². The lowest BCUT2D eigenvalue weighted by Gasteiger charge is -2.39. The SMILES string of the molecule is CCC(=C(c1ccc(O)cc1)c1ccc(N2CCC(CN3CCN(c4cc5c(cn4)C(=O)N(C4CCC(=O)NC4=O)C5)CC3)CC2)cc1)c1ccccc1. The highest BCUT2D eigenvalue weighted by atomic mass is 16.3. The number of benzene rings is 3. The molecule has 3 fully saturated rings. The van der Waals surface area contributed by atoms with Crippen LogP contribution in [0.2, 0.25) is 0 Å². The molecular weight excluding hydrogens is 677 g/mol. The maximum atomic E-state index is 13.1.